The first-order chi connectivity index (χ1) is 12.1. The Kier molecular flexibility index (Phi) is 5.46. The number of ether oxygens (including phenoxy) is 1. The molecule has 0 amide bonds. The van der Waals surface area contributed by atoms with Crippen LogP contribution in [0.15, 0.2) is 59.7 Å². The van der Waals surface area contributed by atoms with Crippen molar-refractivity contribution in [2.75, 3.05) is 5.43 Å². The first-order valence-electron chi connectivity index (χ1n) is 8.21. The van der Waals surface area contributed by atoms with Crippen LogP contribution in [0.1, 0.15) is 24.3 Å². The zero-order valence-electron chi connectivity index (χ0n) is 14.6. The summed E-state index contributed by atoms with van der Waals surface area (Å²) in [7, 11) is 0. The van der Waals surface area contributed by atoms with Crippen LogP contribution in [0.5, 0.6) is 5.75 Å². The maximum Gasteiger partial charge on any atom is 0.204 e. The van der Waals surface area contributed by atoms with E-state index in [0.29, 0.717) is 0 Å². The molecule has 0 saturated heterocycles. The van der Waals surface area contributed by atoms with Gasteiger partial charge in [0.2, 0.25) is 5.13 Å². The predicted octanol–water partition coefficient (Wildman–Crippen LogP) is 5.35. The van der Waals surface area contributed by atoms with Crippen molar-refractivity contribution in [2.24, 2.45) is 5.10 Å². The van der Waals surface area contributed by atoms with Crippen LogP contribution < -0.4 is 10.2 Å². The van der Waals surface area contributed by atoms with Crippen LogP contribution in [0.4, 0.5) is 5.13 Å². The molecule has 0 saturated carbocycles. The maximum absolute atomic E-state index is 5.80. The number of thiazole rings is 1. The van der Waals surface area contributed by atoms with Gasteiger partial charge in [-0.3, -0.25) is 5.43 Å². The summed E-state index contributed by atoms with van der Waals surface area (Å²) in [6.07, 6.45) is 1.88. The molecule has 0 bridgehead atoms. The second-order valence-corrected chi connectivity index (χ2v) is 7.07. The Labute approximate surface area is 152 Å². The van der Waals surface area contributed by atoms with Crippen molar-refractivity contribution in [3.63, 3.8) is 0 Å². The molecule has 0 radical (unpaired) electrons. The minimum Gasteiger partial charge on any atom is -0.490 e. The van der Waals surface area contributed by atoms with Crippen LogP contribution in [0.25, 0.3) is 11.3 Å². The lowest BCUT2D eigenvalue weighted by Crippen LogP contribution is -2.07. The second kappa shape index (κ2) is 7.94. The monoisotopic (exact) mass is 351 g/mol. The molecule has 25 heavy (non-hydrogen) atoms. The van der Waals surface area contributed by atoms with E-state index in [1.54, 1.807) is 17.6 Å². The summed E-state index contributed by atoms with van der Waals surface area (Å²) in [6.45, 7) is 6.09. The molecule has 0 aliphatic heterocycles. The summed E-state index contributed by atoms with van der Waals surface area (Å²) in [5.41, 5.74) is 6.06. The Morgan fingerprint density at radius 2 is 1.80 bits per heavy atom. The third-order valence-corrected chi connectivity index (χ3v) is 4.36. The van der Waals surface area contributed by atoms with Crippen LogP contribution in [-0.4, -0.2) is 17.3 Å². The van der Waals surface area contributed by atoms with Gasteiger partial charge < -0.3 is 4.74 Å². The zero-order valence-corrected chi connectivity index (χ0v) is 15.4. The number of anilines is 1. The SMILES string of the molecule is Cc1sc(N/N=C/c2ccccc2OC(C)C)nc1-c1ccccc1. The lowest BCUT2D eigenvalue weighted by Gasteiger charge is -2.11. The van der Waals surface area contributed by atoms with E-state index in [-0.39, 0.29) is 6.10 Å². The molecule has 1 heterocycles. The Bertz CT molecular complexity index is 856. The Morgan fingerprint density at radius 3 is 2.56 bits per heavy atom. The van der Waals surface area contributed by atoms with Crippen molar-refractivity contribution in [3.05, 3.63) is 65.0 Å². The van der Waals surface area contributed by atoms with E-state index in [4.69, 9.17) is 4.74 Å². The Hall–Kier alpha value is -2.66. The number of aromatic nitrogens is 1. The highest BCUT2D eigenvalue weighted by atomic mass is 32.1. The molecule has 128 valence electrons. The third-order valence-electron chi connectivity index (χ3n) is 3.49. The third kappa shape index (κ3) is 4.45. The highest BCUT2D eigenvalue weighted by molar-refractivity contribution is 7.15. The summed E-state index contributed by atoms with van der Waals surface area (Å²) in [4.78, 5) is 5.80. The van der Waals surface area contributed by atoms with Crippen LogP contribution >= 0.6 is 11.3 Å². The fourth-order valence-electron chi connectivity index (χ4n) is 2.41. The minimum absolute atomic E-state index is 0.123. The van der Waals surface area contributed by atoms with Crippen LogP contribution in [0.2, 0.25) is 0 Å². The number of hydrazone groups is 1. The summed E-state index contributed by atoms with van der Waals surface area (Å²) in [6, 6.07) is 18.0. The van der Waals surface area contributed by atoms with Crippen molar-refractivity contribution in [1.29, 1.82) is 0 Å². The smallest absolute Gasteiger partial charge is 0.204 e. The predicted molar refractivity (Wildman–Crippen MR) is 106 cm³/mol. The number of rotatable bonds is 6. The number of benzene rings is 2. The molecule has 3 rings (SSSR count). The van der Waals surface area contributed by atoms with Gasteiger partial charge in [0, 0.05) is 16.0 Å². The molecule has 0 fully saturated rings. The van der Waals surface area contributed by atoms with Gasteiger partial charge in [-0.2, -0.15) is 5.10 Å². The fraction of sp³-hybridized carbons (Fsp3) is 0.200. The molecule has 1 aromatic heterocycles. The summed E-state index contributed by atoms with van der Waals surface area (Å²) < 4.78 is 5.80. The van der Waals surface area contributed by atoms with Gasteiger partial charge in [-0.1, -0.05) is 42.5 Å². The van der Waals surface area contributed by atoms with E-state index in [9.17, 15) is 0 Å². The number of hydrogen-bond acceptors (Lipinski definition) is 5. The highest BCUT2D eigenvalue weighted by Crippen LogP contribution is 2.30. The molecule has 0 atom stereocenters. The topological polar surface area (TPSA) is 46.5 Å². The van der Waals surface area contributed by atoms with Gasteiger partial charge in [-0.15, -0.1) is 11.3 Å². The van der Waals surface area contributed by atoms with Crippen molar-refractivity contribution in [1.82, 2.24) is 4.98 Å². The lowest BCUT2D eigenvalue weighted by atomic mass is 10.1. The van der Waals surface area contributed by atoms with Crippen molar-refractivity contribution < 1.29 is 4.74 Å². The van der Waals surface area contributed by atoms with E-state index < -0.39 is 0 Å². The molecule has 5 heteroatoms. The number of nitrogens with zero attached hydrogens (tertiary/aromatic N) is 2. The van der Waals surface area contributed by atoms with Gasteiger partial charge in [-0.05, 0) is 32.9 Å². The van der Waals surface area contributed by atoms with Crippen molar-refractivity contribution >= 4 is 22.7 Å². The molecule has 1 N–H and O–H groups in total. The number of para-hydroxylation sites is 1. The second-order valence-electron chi connectivity index (χ2n) is 5.86. The summed E-state index contributed by atoms with van der Waals surface area (Å²) in [5, 5.41) is 5.09. The van der Waals surface area contributed by atoms with E-state index in [2.05, 4.69) is 34.6 Å². The Morgan fingerprint density at radius 1 is 1.08 bits per heavy atom. The van der Waals surface area contributed by atoms with Crippen molar-refractivity contribution in [3.8, 4) is 17.0 Å². The van der Waals surface area contributed by atoms with Crippen molar-refractivity contribution in [2.45, 2.75) is 26.9 Å². The molecular formula is C20H21N3OS. The van der Waals surface area contributed by atoms with Gasteiger partial charge >= 0.3 is 0 Å². The molecule has 4 nitrogen and oxygen atoms in total. The van der Waals surface area contributed by atoms with Gasteiger partial charge in [0.05, 0.1) is 18.0 Å². The minimum atomic E-state index is 0.123. The van der Waals surface area contributed by atoms with E-state index in [1.165, 1.54) is 0 Å². The maximum atomic E-state index is 5.80. The normalized spacial score (nSPS) is 11.2. The molecule has 2 aromatic carbocycles. The number of aryl methyl sites for hydroxylation is 1. The van der Waals surface area contributed by atoms with E-state index >= 15 is 0 Å². The van der Waals surface area contributed by atoms with E-state index in [1.807, 2.05) is 56.3 Å². The first-order valence-corrected chi connectivity index (χ1v) is 9.03. The molecule has 0 aliphatic rings. The number of hydrogen-bond donors (Lipinski definition) is 1. The van der Waals surface area contributed by atoms with Crippen LogP contribution in [0, 0.1) is 6.92 Å². The molecular weight excluding hydrogens is 330 g/mol. The summed E-state index contributed by atoms with van der Waals surface area (Å²) in [5.74, 6) is 0.823. The van der Waals surface area contributed by atoms with Gasteiger partial charge in [0.15, 0.2) is 0 Å². The highest BCUT2D eigenvalue weighted by Gasteiger charge is 2.09. The largest absolute Gasteiger partial charge is 0.490 e. The lowest BCUT2D eigenvalue weighted by molar-refractivity contribution is 0.242. The summed E-state index contributed by atoms with van der Waals surface area (Å²) >= 11 is 1.59. The first kappa shape index (κ1) is 17.2. The van der Waals surface area contributed by atoms with Gasteiger partial charge in [0.25, 0.3) is 0 Å². The molecule has 0 aliphatic carbocycles. The average Bonchev–Trinajstić information content (AvgIpc) is 2.97. The number of nitrogens with one attached hydrogen (secondary N) is 1. The molecule has 0 unspecified atom stereocenters. The van der Waals surface area contributed by atoms with Gasteiger partial charge in [0.1, 0.15) is 5.75 Å². The molecule has 3 aromatic rings. The van der Waals surface area contributed by atoms with Gasteiger partial charge in [-0.25, -0.2) is 4.98 Å². The molecule has 0 spiro atoms. The zero-order chi connectivity index (χ0) is 17.6. The van der Waals surface area contributed by atoms with Crippen LogP contribution in [-0.2, 0) is 0 Å². The Balaban J connectivity index is 1.74. The van der Waals surface area contributed by atoms with Crippen LogP contribution in [0.3, 0.4) is 0 Å². The standard InChI is InChI=1S/C20H21N3OS/c1-14(2)24-18-12-8-7-11-17(18)13-21-23-20-22-19(15(3)25-20)16-9-5-4-6-10-16/h4-14H,1-3H3,(H,22,23)/b21-13+. The van der Waals surface area contributed by atoms with E-state index in [0.717, 1.165) is 32.6 Å². The average molecular weight is 351 g/mol. The quantitative estimate of drug-likeness (QED) is 0.481. The fourth-order valence-corrected chi connectivity index (χ4v) is 3.20.